The fourth-order valence-corrected chi connectivity index (χ4v) is 4.34. The Hall–Kier alpha value is -1.60. The van der Waals surface area contributed by atoms with E-state index in [-0.39, 0.29) is 23.8 Å². The Kier molecular flexibility index (Phi) is 7.90. The van der Waals surface area contributed by atoms with Crippen molar-refractivity contribution < 1.29 is 17.9 Å². The number of hydrogen-bond acceptors (Lipinski definition) is 4. The number of benzene rings is 1. The average molecular weight is 383 g/mol. The van der Waals surface area contributed by atoms with E-state index in [9.17, 15) is 13.2 Å². The number of carbonyl (C=O) groups excluding carboxylic acids is 1. The van der Waals surface area contributed by atoms with Gasteiger partial charge in [-0.1, -0.05) is 19.3 Å². The van der Waals surface area contributed by atoms with Gasteiger partial charge in [0.2, 0.25) is 15.9 Å². The van der Waals surface area contributed by atoms with Crippen LogP contribution in [0.2, 0.25) is 0 Å². The van der Waals surface area contributed by atoms with Gasteiger partial charge in [0.25, 0.3) is 0 Å². The lowest BCUT2D eigenvalue weighted by Crippen LogP contribution is -2.35. The summed E-state index contributed by atoms with van der Waals surface area (Å²) in [5.41, 5.74) is 0. The fraction of sp³-hybridized carbons (Fsp3) is 0.632. The first-order chi connectivity index (χ1) is 12.4. The van der Waals surface area contributed by atoms with E-state index >= 15 is 0 Å². The summed E-state index contributed by atoms with van der Waals surface area (Å²) >= 11 is 0. The Morgan fingerprint density at radius 1 is 1.19 bits per heavy atom. The third-order valence-electron chi connectivity index (χ3n) is 4.76. The highest BCUT2D eigenvalue weighted by molar-refractivity contribution is 7.89. The van der Waals surface area contributed by atoms with E-state index in [1.54, 1.807) is 24.1 Å². The fourth-order valence-electron chi connectivity index (χ4n) is 3.31. The molecule has 0 spiro atoms. The lowest BCUT2D eigenvalue weighted by atomic mass is 9.89. The molecular weight excluding hydrogens is 352 g/mol. The van der Waals surface area contributed by atoms with Crippen molar-refractivity contribution in [2.45, 2.75) is 50.3 Å². The summed E-state index contributed by atoms with van der Waals surface area (Å²) < 4.78 is 32.4. The first kappa shape index (κ1) is 20.7. The Bertz CT molecular complexity index is 667. The zero-order chi connectivity index (χ0) is 19.0. The molecule has 1 fully saturated rings. The molecule has 6 nitrogen and oxygen atoms in total. The minimum absolute atomic E-state index is 0.0232. The first-order valence-electron chi connectivity index (χ1n) is 9.39. The van der Waals surface area contributed by atoms with Gasteiger partial charge in [-0.05, 0) is 49.9 Å². The monoisotopic (exact) mass is 382 g/mol. The van der Waals surface area contributed by atoms with E-state index in [4.69, 9.17) is 4.74 Å². The van der Waals surface area contributed by atoms with Crippen LogP contribution in [0.15, 0.2) is 29.2 Å². The molecule has 1 aliphatic carbocycles. The average Bonchev–Trinajstić information content (AvgIpc) is 2.63. The number of nitrogens with one attached hydrogen (secondary N) is 1. The van der Waals surface area contributed by atoms with Gasteiger partial charge in [0, 0.05) is 26.6 Å². The van der Waals surface area contributed by atoms with Gasteiger partial charge in [-0.15, -0.1) is 0 Å². The summed E-state index contributed by atoms with van der Waals surface area (Å²) in [6.45, 7) is 3.27. The molecule has 0 radical (unpaired) electrons. The van der Waals surface area contributed by atoms with E-state index in [1.165, 1.54) is 44.2 Å². The van der Waals surface area contributed by atoms with Crippen molar-refractivity contribution in [2.75, 3.05) is 26.7 Å². The maximum Gasteiger partial charge on any atom is 0.240 e. The first-order valence-corrected chi connectivity index (χ1v) is 10.9. The number of carbonyl (C=O) groups is 1. The number of nitrogens with zero attached hydrogens (tertiary/aromatic N) is 1. The van der Waals surface area contributed by atoms with Gasteiger partial charge in [0.05, 0.1) is 11.5 Å². The van der Waals surface area contributed by atoms with Crippen molar-refractivity contribution in [3.05, 3.63) is 24.3 Å². The number of rotatable bonds is 9. The van der Waals surface area contributed by atoms with E-state index in [0.29, 0.717) is 18.3 Å². The molecule has 1 saturated carbocycles. The Morgan fingerprint density at radius 3 is 2.46 bits per heavy atom. The van der Waals surface area contributed by atoms with E-state index < -0.39 is 10.0 Å². The van der Waals surface area contributed by atoms with Crippen LogP contribution in [-0.2, 0) is 14.8 Å². The standard InChI is InChI=1S/C19H30N2O4S/c1-3-25-17-9-11-18(12-10-17)26(23,24)20-14-13-19(22)21(2)15-16-7-5-4-6-8-16/h9-12,16,20H,3-8,13-15H2,1-2H3. The summed E-state index contributed by atoms with van der Waals surface area (Å²) in [4.78, 5) is 14.1. The summed E-state index contributed by atoms with van der Waals surface area (Å²) in [6.07, 6.45) is 6.31. The molecule has 0 heterocycles. The third kappa shape index (κ3) is 6.29. The SMILES string of the molecule is CCOc1ccc(S(=O)(=O)NCCC(=O)N(C)CC2CCCCC2)cc1. The van der Waals surface area contributed by atoms with E-state index in [1.807, 2.05) is 6.92 Å². The molecule has 2 rings (SSSR count). The third-order valence-corrected chi connectivity index (χ3v) is 6.24. The Labute approximate surface area is 157 Å². The van der Waals surface area contributed by atoms with Crippen LogP contribution in [0.3, 0.4) is 0 Å². The van der Waals surface area contributed by atoms with E-state index in [0.717, 1.165) is 6.54 Å². The van der Waals surface area contributed by atoms with Crippen LogP contribution in [0.1, 0.15) is 45.4 Å². The lowest BCUT2D eigenvalue weighted by molar-refractivity contribution is -0.130. The summed E-state index contributed by atoms with van der Waals surface area (Å²) in [5, 5.41) is 0. The molecule has 26 heavy (non-hydrogen) atoms. The quantitative estimate of drug-likeness (QED) is 0.713. The molecule has 7 heteroatoms. The van der Waals surface area contributed by atoms with Gasteiger partial charge in [0.15, 0.2) is 0 Å². The minimum Gasteiger partial charge on any atom is -0.494 e. The molecule has 0 unspecified atom stereocenters. The lowest BCUT2D eigenvalue weighted by Gasteiger charge is -2.27. The maximum atomic E-state index is 12.3. The Balaban J connectivity index is 1.78. The van der Waals surface area contributed by atoms with Gasteiger partial charge in [-0.2, -0.15) is 0 Å². The molecule has 1 aromatic carbocycles. The predicted molar refractivity (Wildman–Crippen MR) is 102 cm³/mol. The molecule has 0 bridgehead atoms. The van der Waals surface area contributed by atoms with Gasteiger partial charge in [-0.25, -0.2) is 13.1 Å². The van der Waals surface area contributed by atoms with Crippen molar-refractivity contribution in [1.82, 2.24) is 9.62 Å². The van der Waals surface area contributed by atoms with Crippen LogP contribution >= 0.6 is 0 Å². The predicted octanol–water partition coefficient (Wildman–Crippen LogP) is 2.79. The van der Waals surface area contributed by atoms with Gasteiger partial charge in [0.1, 0.15) is 5.75 Å². The summed E-state index contributed by atoms with van der Waals surface area (Å²) in [6, 6.07) is 6.26. The second kappa shape index (κ2) is 9.92. The largest absolute Gasteiger partial charge is 0.494 e. The van der Waals surface area contributed by atoms with Crippen molar-refractivity contribution >= 4 is 15.9 Å². The minimum atomic E-state index is -3.62. The number of amides is 1. The van der Waals surface area contributed by atoms with Crippen LogP contribution in [0.25, 0.3) is 0 Å². The van der Waals surface area contributed by atoms with Crippen LogP contribution in [0.4, 0.5) is 0 Å². The second-order valence-corrected chi connectivity index (χ2v) is 8.60. The van der Waals surface area contributed by atoms with Crippen LogP contribution in [0.5, 0.6) is 5.75 Å². The second-order valence-electron chi connectivity index (χ2n) is 6.83. The molecule has 1 aromatic rings. The number of hydrogen-bond donors (Lipinski definition) is 1. The molecule has 0 atom stereocenters. The van der Waals surface area contributed by atoms with Crippen molar-refractivity contribution in [1.29, 1.82) is 0 Å². The van der Waals surface area contributed by atoms with Crippen molar-refractivity contribution in [3.63, 3.8) is 0 Å². The zero-order valence-corrected chi connectivity index (χ0v) is 16.6. The molecule has 0 saturated heterocycles. The molecule has 1 N–H and O–H groups in total. The normalized spacial score (nSPS) is 15.6. The highest BCUT2D eigenvalue weighted by Crippen LogP contribution is 2.24. The molecule has 1 amide bonds. The number of ether oxygens (including phenoxy) is 1. The van der Waals surface area contributed by atoms with Crippen molar-refractivity contribution in [3.8, 4) is 5.75 Å². The zero-order valence-electron chi connectivity index (χ0n) is 15.7. The van der Waals surface area contributed by atoms with E-state index in [2.05, 4.69) is 4.72 Å². The highest BCUT2D eigenvalue weighted by Gasteiger charge is 2.19. The van der Waals surface area contributed by atoms with Gasteiger partial charge < -0.3 is 9.64 Å². The summed E-state index contributed by atoms with van der Waals surface area (Å²) in [5.74, 6) is 1.19. The highest BCUT2D eigenvalue weighted by atomic mass is 32.2. The number of sulfonamides is 1. The van der Waals surface area contributed by atoms with Crippen molar-refractivity contribution in [2.24, 2.45) is 5.92 Å². The summed E-state index contributed by atoms with van der Waals surface area (Å²) in [7, 11) is -1.81. The molecule has 0 aliphatic heterocycles. The van der Waals surface area contributed by atoms with Crippen LogP contribution in [0, 0.1) is 5.92 Å². The van der Waals surface area contributed by atoms with Gasteiger partial charge >= 0.3 is 0 Å². The van der Waals surface area contributed by atoms with Gasteiger partial charge in [-0.3, -0.25) is 4.79 Å². The molecule has 1 aliphatic rings. The maximum absolute atomic E-state index is 12.3. The molecule has 0 aromatic heterocycles. The smallest absolute Gasteiger partial charge is 0.240 e. The van der Waals surface area contributed by atoms with Crippen LogP contribution in [-0.4, -0.2) is 46.0 Å². The molecule has 146 valence electrons. The topological polar surface area (TPSA) is 75.7 Å². The Morgan fingerprint density at radius 2 is 1.85 bits per heavy atom. The molecular formula is C19H30N2O4S. The van der Waals surface area contributed by atoms with Crippen LogP contribution < -0.4 is 9.46 Å².